The molecular formula is C59H98O6. The van der Waals surface area contributed by atoms with Crippen molar-refractivity contribution in [1.82, 2.24) is 0 Å². The first-order valence-corrected chi connectivity index (χ1v) is 26.7. The van der Waals surface area contributed by atoms with Crippen molar-refractivity contribution >= 4 is 17.9 Å². The molecule has 0 saturated heterocycles. The molecule has 0 N–H and O–H groups in total. The molecule has 0 rings (SSSR count). The largest absolute Gasteiger partial charge is 0.462 e. The van der Waals surface area contributed by atoms with E-state index in [0.29, 0.717) is 12.8 Å². The molecule has 1 atom stereocenters. The average molecular weight is 903 g/mol. The molecule has 0 aliphatic carbocycles. The van der Waals surface area contributed by atoms with Gasteiger partial charge in [-0.25, -0.2) is 0 Å². The second-order valence-corrected chi connectivity index (χ2v) is 17.4. The second-order valence-electron chi connectivity index (χ2n) is 17.4. The van der Waals surface area contributed by atoms with Gasteiger partial charge < -0.3 is 14.2 Å². The van der Waals surface area contributed by atoms with Crippen LogP contribution in [0, 0.1) is 0 Å². The van der Waals surface area contributed by atoms with Crippen molar-refractivity contribution in [2.75, 3.05) is 13.2 Å². The van der Waals surface area contributed by atoms with Crippen molar-refractivity contribution in [3.63, 3.8) is 0 Å². The summed E-state index contributed by atoms with van der Waals surface area (Å²) >= 11 is 0. The molecule has 370 valence electrons. The Morgan fingerprint density at radius 3 is 1.02 bits per heavy atom. The highest BCUT2D eigenvalue weighted by atomic mass is 16.6. The molecule has 0 aromatic heterocycles. The van der Waals surface area contributed by atoms with Crippen LogP contribution in [-0.2, 0) is 28.6 Å². The molecule has 1 unspecified atom stereocenters. The lowest BCUT2D eigenvalue weighted by molar-refractivity contribution is -0.167. The van der Waals surface area contributed by atoms with Crippen LogP contribution in [0.3, 0.4) is 0 Å². The molecule has 0 aromatic carbocycles. The number of carbonyl (C=O) groups is 3. The Morgan fingerprint density at radius 2 is 0.631 bits per heavy atom. The van der Waals surface area contributed by atoms with Gasteiger partial charge in [-0.2, -0.15) is 0 Å². The molecule has 0 aromatic rings. The van der Waals surface area contributed by atoms with Crippen molar-refractivity contribution in [2.45, 2.75) is 245 Å². The van der Waals surface area contributed by atoms with Gasteiger partial charge in [0.25, 0.3) is 0 Å². The Kier molecular flexibility index (Phi) is 50.0. The molecule has 0 heterocycles. The fraction of sp³-hybridized carbons (Fsp3) is 0.678. The molecule has 0 saturated carbocycles. The van der Waals surface area contributed by atoms with Crippen LogP contribution in [0.25, 0.3) is 0 Å². The number of ether oxygens (including phenoxy) is 3. The van der Waals surface area contributed by atoms with E-state index in [9.17, 15) is 14.4 Å². The summed E-state index contributed by atoms with van der Waals surface area (Å²) < 4.78 is 16.8. The zero-order valence-corrected chi connectivity index (χ0v) is 42.2. The molecule has 65 heavy (non-hydrogen) atoms. The van der Waals surface area contributed by atoms with Crippen LogP contribution in [-0.4, -0.2) is 37.2 Å². The van der Waals surface area contributed by atoms with Gasteiger partial charge in [0.1, 0.15) is 13.2 Å². The topological polar surface area (TPSA) is 78.9 Å². The van der Waals surface area contributed by atoms with Crippen LogP contribution in [0.2, 0.25) is 0 Å². The van der Waals surface area contributed by atoms with Gasteiger partial charge in [-0.3, -0.25) is 14.4 Å². The first-order valence-electron chi connectivity index (χ1n) is 26.7. The van der Waals surface area contributed by atoms with E-state index in [1.165, 1.54) is 57.8 Å². The quantitative estimate of drug-likeness (QED) is 0.0262. The molecule has 6 nitrogen and oxygen atoms in total. The highest BCUT2D eigenvalue weighted by Crippen LogP contribution is 2.13. The summed E-state index contributed by atoms with van der Waals surface area (Å²) in [5, 5.41) is 0. The molecular weight excluding hydrogens is 805 g/mol. The molecule has 0 aliphatic heterocycles. The lowest BCUT2D eigenvalue weighted by atomic mass is 10.1. The normalized spacial score (nSPS) is 12.8. The maximum atomic E-state index is 12.8. The predicted octanol–water partition coefficient (Wildman–Crippen LogP) is 17.8. The second kappa shape index (κ2) is 52.9. The third-order valence-corrected chi connectivity index (χ3v) is 11.0. The summed E-state index contributed by atoms with van der Waals surface area (Å²) in [6.45, 7) is 6.39. The van der Waals surface area contributed by atoms with Crippen molar-refractivity contribution in [2.24, 2.45) is 0 Å². The maximum absolute atomic E-state index is 12.8. The highest BCUT2D eigenvalue weighted by Gasteiger charge is 2.19. The number of unbranched alkanes of at least 4 members (excludes halogenated alkanes) is 20. The summed E-state index contributed by atoms with van der Waals surface area (Å²) in [5.41, 5.74) is 0. The molecule has 6 heteroatoms. The third-order valence-electron chi connectivity index (χ3n) is 11.0. The summed E-state index contributed by atoms with van der Waals surface area (Å²) in [6.07, 6.45) is 69.7. The smallest absolute Gasteiger partial charge is 0.306 e. The van der Waals surface area contributed by atoms with E-state index in [1.807, 2.05) is 0 Å². The first-order chi connectivity index (χ1) is 32.0. The molecule has 0 fully saturated rings. The monoisotopic (exact) mass is 903 g/mol. The van der Waals surface area contributed by atoms with Crippen molar-refractivity contribution in [3.8, 4) is 0 Å². The van der Waals surface area contributed by atoms with Crippen LogP contribution in [0.15, 0.2) is 97.2 Å². The van der Waals surface area contributed by atoms with Crippen LogP contribution >= 0.6 is 0 Å². The number of allylic oxidation sites excluding steroid dienone is 16. The van der Waals surface area contributed by atoms with E-state index in [0.717, 1.165) is 141 Å². The Bertz CT molecular complexity index is 1310. The summed E-state index contributed by atoms with van der Waals surface area (Å²) in [5.74, 6) is -0.961. The lowest BCUT2D eigenvalue weighted by Gasteiger charge is -2.18. The number of hydrogen-bond acceptors (Lipinski definition) is 6. The molecule has 0 amide bonds. The molecule has 0 spiro atoms. The van der Waals surface area contributed by atoms with E-state index >= 15 is 0 Å². The number of esters is 3. The summed E-state index contributed by atoms with van der Waals surface area (Å²) in [6, 6.07) is 0. The van der Waals surface area contributed by atoms with E-state index in [2.05, 4.69) is 118 Å². The van der Waals surface area contributed by atoms with Crippen LogP contribution in [0.5, 0.6) is 0 Å². The zero-order chi connectivity index (χ0) is 47.2. The zero-order valence-electron chi connectivity index (χ0n) is 42.2. The van der Waals surface area contributed by atoms with E-state index < -0.39 is 6.10 Å². The Labute approximate surface area is 400 Å². The van der Waals surface area contributed by atoms with E-state index in [4.69, 9.17) is 14.2 Å². The van der Waals surface area contributed by atoms with Gasteiger partial charge in [-0.15, -0.1) is 0 Å². The average Bonchev–Trinajstić information content (AvgIpc) is 3.30. The van der Waals surface area contributed by atoms with Crippen LogP contribution in [0.4, 0.5) is 0 Å². The van der Waals surface area contributed by atoms with Crippen molar-refractivity contribution < 1.29 is 28.6 Å². The van der Waals surface area contributed by atoms with Gasteiger partial charge in [0.05, 0.1) is 0 Å². The van der Waals surface area contributed by atoms with Crippen molar-refractivity contribution in [3.05, 3.63) is 97.2 Å². The standard InChI is InChI=1S/C59H98O6/c1-4-7-10-13-16-19-22-25-26-27-28-29-30-31-32-35-37-40-43-46-49-52-58(61)64-55-56(65-59(62)53-50-47-44-41-38-34-24-21-18-15-12-9-6-3)54-63-57(60)51-48-45-42-39-36-33-23-20-17-14-11-8-5-2/h9,11-12,14,18,20-23,25,27-28,30-31,34,38,56H,4-8,10,13,15-17,19,24,26,29,32-33,35-37,39-55H2,1-3H3/b12-9-,14-11-,21-18-,23-20-,25-22-,28-27-,31-30-,38-34-. The van der Waals surface area contributed by atoms with E-state index in [1.54, 1.807) is 0 Å². The Balaban J connectivity index is 4.42. The van der Waals surface area contributed by atoms with Crippen molar-refractivity contribution in [1.29, 1.82) is 0 Å². The minimum Gasteiger partial charge on any atom is -0.462 e. The number of rotatable bonds is 47. The van der Waals surface area contributed by atoms with Gasteiger partial charge in [0.15, 0.2) is 6.10 Å². The molecule has 0 radical (unpaired) electrons. The fourth-order valence-electron chi connectivity index (χ4n) is 7.03. The fourth-order valence-corrected chi connectivity index (χ4v) is 7.03. The summed E-state index contributed by atoms with van der Waals surface area (Å²) in [4.78, 5) is 38.0. The Morgan fingerprint density at radius 1 is 0.323 bits per heavy atom. The predicted molar refractivity (Wildman–Crippen MR) is 279 cm³/mol. The van der Waals surface area contributed by atoms with Crippen LogP contribution in [0.1, 0.15) is 239 Å². The maximum Gasteiger partial charge on any atom is 0.306 e. The van der Waals surface area contributed by atoms with E-state index in [-0.39, 0.29) is 37.5 Å². The number of hydrogen-bond donors (Lipinski definition) is 0. The Hall–Kier alpha value is -3.67. The first kappa shape index (κ1) is 61.3. The minimum absolute atomic E-state index is 0.102. The number of carbonyl (C=O) groups excluding carboxylic acids is 3. The van der Waals surface area contributed by atoms with Gasteiger partial charge >= 0.3 is 17.9 Å². The lowest BCUT2D eigenvalue weighted by Crippen LogP contribution is -2.30. The van der Waals surface area contributed by atoms with Gasteiger partial charge in [-0.1, -0.05) is 201 Å². The van der Waals surface area contributed by atoms with Gasteiger partial charge in [-0.05, 0) is 116 Å². The van der Waals surface area contributed by atoms with Gasteiger partial charge in [0.2, 0.25) is 0 Å². The highest BCUT2D eigenvalue weighted by molar-refractivity contribution is 5.71. The molecule has 0 aliphatic rings. The third kappa shape index (κ3) is 51.2. The van der Waals surface area contributed by atoms with Crippen LogP contribution < -0.4 is 0 Å². The minimum atomic E-state index is -0.805. The SMILES string of the molecule is CC/C=C\C/C=C\C/C=C\CCCCCC(=O)OC(COC(=O)CCCCCCC/C=C\C/C=C\CCC)COC(=O)CCCCCCCC/C=C\C/C=C\C/C=C\CCCCCCC. The summed E-state index contributed by atoms with van der Waals surface area (Å²) in [7, 11) is 0. The molecule has 0 bridgehead atoms. The van der Waals surface area contributed by atoms with Gasteiger partial charge in [0, 0.05) is 19.3 Å².